The molecular weight excluding hydrogens is 374 g/mol. The van der Waals surface area contributed by atoms with Gasteiger partial charge in [0.05, 0.1) is 23.1 Å². The van der Waals surface area contributed by atoms with Crippen LogP contribution in [0.5, 0.6) is 0 Å². The summed E-state index contributed by atoms with van der Waals surface area (Å²) < 4.78 is 4.44. The molecule has 0 saturated carbocycles. The Labute approximate surface area is 157 Å². The zero-order valence-electron chi connectivity index (χ0n) is 14.2. The molecule has 0 fully saturated rings. The molecule has 0 aliphatic carbocycles. The first-order valence-corrected chi connectivity index (χ1v) is 8.53. The Bertz CT molecular complexity index is 917. The molecule has 0 spiro atoms. The fraction of sp³-hybridized carbons (Fsp3) is 0.176. The number of amides is 4. The molecule has 1 aromatic rings. The van der Waals surface area contributed by atoms with E-state index in [1.807, 2.05) is 0 Å². The van der Waals surface area contributed by atoms with Gasteiger partial charge in [0, 0.05) is 6.08 Å². The van der Waals surface area contributed by atoms with Crippen molar-refractivity contribution < 1.29 is 28.7 Å². The van der Waals surface area contributed by atoms with Crippen molar-refractivity contribution in [2.24, 2.45) is 4.99 Å². The molecular formula is C17H13N3O6S. The summed E-state index contributed by atoms with van der Waals surface area (Å²) in [5.41, 5.74) is 0.460. The van der Waals surface area contributed by atoms with Gasteiger partial charge in [0.2, 0.25) is 5.91 Å². The number of carbonyl (C=O) groups excluding carboxylic acids is 5. The van der Waals surface area contributed by atoms with Gasteiger partial charge in [-0.3, -0.25) is 24.1 Å². The Hall–Kier alpha value is -3.27. The first-order chi connectivity index (χ1) is 12.8. The molecule has 138 valence electrons. The number of nitrogens with one attached hydrogen (secondary N) is 1. The minimum atomic E-state index is -1.12. The number of amidine groups is 1. The highest BCUT2D eigenvalue weighted by molar-refractivity contribution is 8.18. The Morgan fingerprint density at radius 3 is 2.33 bits per heavy atom. The van der Waals surface area contributed by atoms with E-state index in [0.29, 0.717) is 0 Å². The highest BCUT2D eigenvalue weighted by Gasteiger charge is 2.41. The van der Waals surface area contributed by atoms with Crippen LogP contribution in [-0.4, -0.2) is 52.8 Å². The third-order valence-corrected chi connectivity index (χ3v) is 4.79. The molecule has 2 aliphatic heterocycles. The quantitative estimate of drug-likeness (QED) is 0.454. The van der Waals surface area contributed by atoms with Gasteiger partial charge in [-0.25, -0.2) is 4.79 Å². The van der Waals surface area contributed by atoms with Crippen molar-refractivity contribution in [3.8, 4) is 0 Å². The molecule has 10 heteroatoms. The number of rotatable bonds is 3. The van der Waals surface area contributed by atoms with Crippen molar-refractivity contribution >= 4 is 46.5 Å². The van der Waals surface area contributed by atoms with Gasteiger partial charge in [-0.2, -0.15) is 4.99 Å². The van der Waals surface area contributed by atoms with Crippen molar-refractivity contribution in [2.45, 2.75) is 13.0 Å². The van der Waals surface area contributed by atoms with E-state index in [1.165, 1.54) is 19.1 Å². The van der Waals surface area contributed by atoms with Crippen LogP contribution in [0.15, 0.2) is 40.2 Å². The van der Waals surface area contributed by atoms with E-state index in [9.17, 15) is 24.0 Å². The number of carbonyl (C=O) groups is 5. The first kappa shape index (κ1) is 18.5. The number of benzene rings is 1. The Morgan fingerprint density at radius 1 is 1.19 bits per heavy atom. The van der Waals surface area contributed by atoms with Gasteiger partial charge in [0.15, 0.2) is 5.17 Å². The van der Waals surface area contributed by atoms with Crippen LogP contribution in [0.1, 0.15) is 27.6 Å². The van der Waals surface area contributed by atoms with E-state index in [2.05, 4.69) is 15.0 Å². The van der Waals surface area contributed by atoms with Crippen LogP contribution in [0.25, 0.3) is 0 Å². The maximum Gasteiger partial charge on any atom is 0.331 e. The predicted octanol–water partition coefficient (Wildman–Crippen LogP) is 0.474. The number of thioether (sulfide) groups is 1. The SMILES string of the molecule is COC(=O)/C=C1/SC(NC(=O)[C@@H](C)N2C(=O)c3ccccc3C2=O)=NC1=O. The molecule has 1 aromatic carbocycles. The van der Waals surface area contributed by atoms with Crippen LogP contribution in [-0.2, 0) is 19.1 Å². The summed E-state index contributed by atoms with van der Waals surface area (Å²) in [7, 11) is 1.16. The van der Waals surface area contributed by atoms with Crippen molar-refractivity contribution in [1.29, 1.82) is 0 Å². The highest BCUT2D eigenvalue weighted by atomic mass is 32.2. The molecule has 1 N–H and O–H groups in total. The number of esters is 1. The zero-order valence-corrected chi connectivity index (χ0v) is 15.0. The normalized spacial score (nSPS) is 18.4. The topological polar surface area (TPSA) is 122 Å². The molecule has 0 bridgehead atoms. The number of methoxy groups -OCH3 is 1. The smallest absolute Gasteiger partial charge is 0.331 e. The van der Waals surface area contributed by atoms with Gasteiger partial charge in [-0.1, -0.05) is 12.1 Å². The van der Waals surface area contributed by atoms with Gasteiger partial charge < -0.3 is 10.1 Å². The minimum Gasteiger partial charge on any atom is -0.466 e. The summed E-state index contributed by atoms with van der Waals surface area (Å²) in [5, 5.41) is 2.34. The molecule has 0 saturated heterocycles. The average Bonchev–Trinajstić information content (AvgIpc) is 3.11. The number of hydrogen-bond acceptors (Lipinski definition) is 7. The van der Waals surface area contributed by atoms with Crippen LogP contribution < -0.4 is 5.32 Å². The molecule has 2 aliphatic rings. The summed E-state index contributed by atoms with van der Waals surface area (Å²) in [6, 6.07) is 5.16. The van der Waals surface area contributed by atoms with E-state index in [4.69, 9.17) is 0 Å². The maximum atomic E-state index is 12.4. The van der Waals surface area contributed by atoms with Gasteiger partial charge >= 0.3 is 5.97 Å². The zero-order chi connectivity index (χ0) is 19.7. The van der Waals surface area contributed by atoms with E-state index in [1.54, 1.807) is 12.1 Å². The standard InChI is InChI=1S/C17H13N3O6S/c1-8(20-15(24)9-5-3-4-6-10(9)16(20)25)13(22)18-17-19-14(23)11(27-17)7-12(21)26-2/h3-8H,1-2H3,(H,18,19,22,23)/b11-7+/t8-/m1/s1. The predicted molar refractivity (Wildman–Crippen MR) is 94.7 cm³/mol. The fourth-order valence-electron chi connectivity index (χ4n) is 2.52. The minimum absolute atomic E-state index is 0.00877. The summed E-state index contributed by atoms with van der Waals surface area (Å²) in [6.45, 7) is 1.39. The molecule has 4 amide bonds. The molecule has 0 radical (unpaired) electrons. The van der Waals surface area contributed by atoms with Crippen LogP contribution in [0.2, 0.25) is 0 Å². The van der Waals surface area contributed by atoms with Crippen molar-refractivity contribution in [1.82, 2.24) is 10.2 Å². The van der Waals surface area contributed by atoms with Crippen LogP contribution in [0, 0.1) is 0 Å². The van der Waals surface area contributed by atoms with Crippen molar-refractivity contribution in [2.75, 3.05) is 7.11 Å². The van der Waals surface area contributed by atoms with Gasteiger partial charge in [0.1, 0.15) is 6.04 Å². The second-order valence-electron chi connectivity index (χ2n) is 5.55. The number of fused-ring (bicyclic) bond motifs is 1. The Morgan fingerprint density at radius 2 is 1.78 bits per heavy atom. The lowest BCUT2D eigenvalue weighted by molar-refractivity contribution is -0.135. The summed E-state index contributed by atoms with van der Waals surface area (Å²) in [6.07, 6.45) is 0.962. The van der Waals surface area contributed by atoms with Crippen molar-refractivity contribution in [3.05, 3.63) is 46.4 Å². The number of ether oxygens (including phenoxy) is 1. The van der Waals surface area contributed by atoms with Gasteiger partial charge in [0.25, 0.3) is 17.7 Å². The lowest BCUT2D eigenvalue weighted by Crippen LogP contribution is -2.48. The summed E-state index contributed by atoms with van der Waals surface area (Å²) in [4.78, 5) is 64.7. The third-order valence-electron chi connectivity index (χ3n) is 3.89. The Balaban J connectivity index is 1.71. The molecule has 0 aromatic heterocycles. The molecule has 27 heavy (non-hydrogen) atoms. The number of hydrogen-bond donors (Lipinski definition) is 1. The third kappa shape index (κ3) is 3.38. The summed E-state index contributed by atoms with van der Waals surface area (Å²) >= 11 is 0.780. The average molecular weight is 387 g/mol. The van der Waals surface area contributed by atoms with E-state index < -0.39 is 35.6 Å². The van der Waals surface area contributed by atoms with Crippen LogP contribution >= 0.6 is 11.8 Å². The highest BCUT2D eigenvalue weighted by Crippen LogP contribution is 2.27. The second-order valence-corrected chi connectivity index (χ2v) is 6.58. The molecule has 0 unspecified atom stereocenters. The van der Waals surface area contributed by atoms with E-state index in [0.717, 1.165) is 29.8 Å². The molecule has 1 atom stereocenters. The molecule has 9 nitrogen and oxygen atoms in total. The molecule has 3 rings (SSSR count). The number of aliphatic imine (C=N–C) groups is 1. The number of imide groups is 1. The van der Waals surface area contributed by atoms with Gasteiger partial charge in [-0.05, 0) is 30.8 Å². The Kier molecular flexibility index (Phi) is 4.91. The van der Waals surface area contributed by atoms with Gasteiger partial charge in [-0.15, -0.1) is 0 Å². The number of nitrogens with zero attached hydrogens (tertiary/aromatic N) is 2. The summed E-state index contributed by atoms with van der Waals surface area (Å²) in [5.74, 6) is -3.26. The fourth-order valence-corrected chi connectivity index (χ4v) is 3.29. The lowest BCUT2D eigenvalue weighted by Gasteiger charge is -2.21. The van der Waals surface area contributed by atoms with E-state index >= 15 is 0 Å². The maximum absolute atomic E-state index is 12.4. The first-order valence-electron chi connectivity index (χ1n) is 7.71. The monoisotopic (exact) mass is 387 g/mol. The largest absolute Gasteiger partial charge is 0.466 e. The molecule has 2 heterocycles. The lowest BCUT2D eigenvalue weighted by atomic mass is 10.1. The van der Waals surface area contributed by atoms with Crippen LogP contribution in [0.3, 0.4) is 0 Å². The van der Waals surface area contributed by atoms with Crippen molar-refractivity contribution in [3.63, 3.8) is 0 Å². The van der Waals surface area contributed by atoms with E-state index in [-0.39, 0.29) is 21.2 Å². The second kappa shape index (κ2) is 7.16. The van der Waals surface area contributed by atoms with Crippen LogP contribution in [0.4, 0.5) is 0 Å².